The molecule has 1 atom stereocenters. The predicted molar refractivity (Wildman–Crippen MR) is 334 cm³/mol. The van der Waals surface area contributed by atoms with Crippen molar-refractivity contribution in [3.8, 4) is 22.3 Å². The summed E-state index contributed by atoms with van der Waals surface area (Å²) in [4.78, 5) is 0. The Balaban J connectivity index is 0.000000152. The van der Waals surface area contributed by atoms with E-state index < -0.39 is 0 Å². The molecule has 9 aromatic rings. The summed E-state index contributed by atoms with van der Waals surface area (Å²) in [6.45, 7) is 27.2. The van der Waals surface area contributed by atoms with Crippen molar-refractivity contribution in [3.63, 3.8) is 0 Å². The van der Waals surface area contributed by atoms with Crippen LogP contribution < -0.4 is 0 Å². The molecule has 0 nitrogen and oxygen atoms in total. The molecular weight excluding hydrogens is 901 g/mol. The van der Waals surface area contributed by atoms with Crippen LogP contribution in [0.2, 0.25) is 0 Å². The molecule has 0 amide bonds. The summed E-state index contributed by atoms with van der Waals surface area (Å²) in [7, 11) is 0. The highest BCUT2D eigenvalue weighted by atomic mass is 14.5. The van der Waals surface area contributed by atoms with Gasteiger partial charge in [-0.1, -0.05) is 292 Å². The average molecular weight is 981 g/mol. The fourth-order valence-electron chi connectivity index (χ4n) is 10.9. The third-order valence-electron chi connectivity index (χ3n) is 14.2. The summed E-state index contributed by atoms with van der Waals surface area (Å²) in [5.41, 5.74) is 20.7. The second kappa shape index (κ2) is 26.1. The first kappa shape index (κ1) is 55.2. The van der Waals surface area contributed by atoms with Gasteiger partial charge < -0.3 is 0 Å². The van der Waals surface area contributed by atoms with Crippen LogP contribution in [-0.4, -0.2) is 0 Å². The highest BCUT2D eigenvalue weighted by molar-refractivity contribution is 6.25. The van der Waals surface area contributed by atoms with Crippen LogP contribution in [0.1, 0.15) is 124 Å². The summed E-state index contributed by atoms with van der Waals surface area (Å²) in [5, 5.41) is 8.08. The van der Waals surface area contributed by atoms with E-state index in [1.807, 2.05) is 32.1 Å². The van der Waals surface area contributed by atoms with E-state index in [-0.39, 0.29) is 5.41 Å². The molecule has 12 rings (SSSR count). The van der Waals surface area contributed by atoms with Crippen molar-refractivity contribution in [1.82, 2.24) is 0 Å². The van der Waals surface area contributed by atoms with Gasteiger partial charge in [-0.05, 0) is 157 Å². The van der Waals surface area contributed by atoms with E-state index in [0.717, 1.165) is 18.8 Å². The number of benzene rings is 9. The molecule has 0 aromatic heterocycles. The number of hydrogen-bond donors (Lipinski definition) is 0. The van der Waals surface area contributed by atoms with E-state index in [1.54, 1.807) is 11.6 Å². The van der Waals surface area contributed by atoms with E-state index >= 15 is 0 Å². The van der Waals surface area contributed by atoms with Gasteiger partial charge in [-0.25, -0.2) is 0 Å². The molecule has 0 bridgehead atoms. The van der Waals surface area contributed by atoms with Gasteiger partial charge in [-0.3, -0.25) is 0 Å². The summed E-state index contributed by atoms with van der Waals surface area (Å²) < 4.78 is 0. The number of aryl methyl sites for hydroxylation is 4. The quantitative estimate of drug-likeness (QED) is 0.119. The Kier molecular flexibility index (Phi) is 19.2. The number of allylic oxidation sites excluding steroid dienone is 8. The zero-order chi connectivity index (χ0) is 53.5. The van der Waals surface area contributed by atoms with Crippen LogP contribution >= 0.6 is 0 Å². The molecule has 0 radical (unpaired) electrons. The number of hydrogen-bond acceptors (Lipinski definition) is 0. The Morgan fingerprint density at radius 2 is 0.987 bits per heavy atom. The van der Waals surface area contributed by atoms with Gasteiger partial charge in [0.05, 0.1) is 5.41 Å². The van der Waals surface area contributed by atoms with Crippen LogP contribution in [0.3, 0.4) is 0 Å². The Hall–Kier alpha value is -7.54. The smallest absolute Gasteiger partial charge is 0.0722 e. The maximum atomic E-state index is 3.65. The van der Waals surface area contributed by atoms with Gasteiger partial charge in [0.15, 0.2) is 0 Å². The largest absolute Gasteiger partial charge is 0.0991 e. The van der Waals surface area contributed by atoms with Crippen LogP contribution in [0.15, 0.2) is 225 Å². The Bertz CT molecular complexity index is 3490. The molecule has 3 aliphatic carbocycles. The lowest BCUT2D eigenvalue weighted by Crippen LogP contribution is -2.27. The van der Waals surface area contributed by atoms with Gasteiger partial charge in [0, 0.05) is 0 Å². The molecule has 0 heteroatoms. The monoisotopic (exact) mass is 981 g/mol. The summed E-state index contributed by atoms with van der Waals surface area (Å²) in [5.74, 6) is 0.833. The molecule has 0 heterocycles. The van der Waals surface area contributed by atoms with Crippen LogP contribution in [0.4, 0.5) is 0 Å². The van der Waals surface area contributed by atoms with E-state index in [2.05, 4.69) is 263 Å². The van der Waals surface area contributed by atoms with E-state index in [1.165, 1.54) is 123 Å². The van der Waals surface area contributed by atoms with Gasteiger partial charge in [-0.15, -0.1) is 0 Å². The maximum Gasteiger partial charge on any atom is 0.0722 e. The number of rotatable bonds is 5. The summed E-state index contributed by atoms with van der Waals surface area (Å²) in [6.07, 6.45) is 19.5. The van der Waals surface area contributed by atoms with Gasteiger partial charge in [0.2, 0.25) is 0 Å². The molecule has 0 aliphatic heterocycles. The highest BCUT2D eigenvalue weighted by Gasteiger charge is 2.52. The minimum absolute atomic E-state index is 0.138. The van der Waals surface area contributed by atoms with Crippen molar-refractivity contribution in [2.24, 2.45) is 5.92 Å². The first-order valence-electron chi connectivity index (χ1n) is 27.7. The van der Waals surface area contributed by atoms with Gasteiger partial charge >= 0.3 is 0 Å². The minimum Gasteiger partial charge on any atom is -0.0991 e. The molecule has 0 fully saturated rings. The van der Waals surface area contributed by atoms with Crippen molar-refractivity contribution in [1.29, 1.82) is 0 Å². The molecule has 0 saturated heterocycles. The minimum atomic E-state index is -0.138. The van der Waals surface area contributed by atoms with Crippen LogP contribution in [0.5, 0.6) is 0 Å². The molecule has 0 saturated carbocycles. The summed E-state index contributed by atoms with van der Waals surface area (Å²) in [6, 6.07) is 64.2. The lowest BCUT2D eigenvalue weighted by molar-refractivity contribution is 0.737. The van der Waals surface area contributed by atoms with Crippen LogP contribution in [0.25, 0.3) is 66.2 Å². The molecular formula is C75H80. The maximum absolute atomic E-state index is 3.65. The standard InChI is InChI=1S/C26H20.C20H20.C19H14.2C4H10.C2H6/c1-17-9-8-16-24-25(17)20-12-4-7-15-23(20)26(24)21-13-5-2-10-18(21)19-11-3-6-14-22(19)26;1-4-5-6-7-11-18-13-14-20(17(3)15-18)19-12-9-8-10-16(19)2;1-13-10-11-18-16-8-3-2-6-14(16)15-7-4-5-9-17(15)19(18)12-13;1-4(2)3;1-3-4-2;1-2/h2,4-10,12-16H,3,11H2,1H3;4-15H,1H2,2-3H3;2-12H,1H3;4H,1-3H3;3-4H2,1-2H3;1-2H3/b;6-5-,11-7-;;;;. The molecule has 380 valence electrons. The zero-order valence-corrected chi connectivity index (χ0v) is 46.9. The lowest BCUT2D eigenvalue weighted by atomic mass is 9.69. The SMILES string of the molecule is C=C/C=C\C=C/c1ccc(-c2ccccc2C)c(C)c1.CC.CC(C)C.CCCC.Cc1ccc2c3ccccc3c3ccccc3c2c1.Cc1cccc2c1-c1ccccc1C21C2=C(CCC=C2)c2ccccc21. The number of unbranched alkanes of at least 4 members (excludes halogenated alkanes) is 1. The number of fused-ring (bicyclic) bond motifs is 15. The molecule has 3 aliphatic rings. The van der Waals surface area contributed by atoms with E-state index in [0.29, 0.717) is 0 Å². The van der Waals surface area contributed by atoms with Crippen molar-refractivity contribution in [2.45, 2.75) is 107 Å². The third-order valence-corrected chi connectivity index (χ3v) is 14.2. The fraction of sp³-hybridized carbons (Fsp3) is 0.227. The highest BCUT2D eigenvalue weighted by Crippen LogP contribution is 2.63. The second-order valence-corrected chi connectivity index (χ2v) is 20.4. The normalized spacial score (nSPS) is 14.3. The molecule has 0 N–H and O–H groups in total. The van der Waals surface area contributed by atoms with Crippen molar-refractivity contribution in [2.75, 3.05) is 0 Å². The van der Waals surface area contributed by atoms with Crippen LogP contribution in [0, 0.1) is 33.6 Å². The zero-order valence-electron chi connectivity index (χ0n) is 46.9. The molecule has 1 unspecified atom stereocenters. The van der Waals surface area contributed by atoms with Crippen LogP contribution in [-0.2, 0) is 5.41 Å². The van der Waals surface area contributed by atoms with Crippen molar-refractivity contribution < 1.29 is 0 Å². The molecule has 1 spiro atoms. The van der Waals surface area contributed by atoms with Gasteiger partial charge in [0.1, 0.15) is 0 Å². The Morgan fingerprint density at radius 1 is 0.480 bits per heavy atom. The first-order valence-corrected chi connectivity index (χ1v) is 27.7. The molecule has 9 aromatic carbocycles. The van der Waals surface area contributed by atoms with E-state index in [4.69, 9.17) is 0 Å². The Labute approximate surface area is 451 Å². The van der Waals surface area contributed by atoms with Crippen molar-refractivity contribution in [3.05, 3.63) is 275 Å². The first-order chi connectivity index (χ1) is 36.5. The Morgan fingerprint density at radius 3 is 1.59 bits per heavy atom. The lowest BCUT2D eigenvalue weighted by Gasteiger charge is -2.32. The van der Waals surface area contributed by atoms with Gasteiger partial charge in [-0.2, -0.15) is 0 Å². The van der Waals surface area contributed by atoms with Crippen molar-refractivity contribution >= 4 is 44.0 Å². The predicted octanol–water partition coefficient (Wildman–Crippen LogP) is 22.1. The average Bonchev–Trinajstić information content (AvgIpc) is 3.98. The third kappa shape index (κ3) is 11.7. The second-order valence-electron chi connectivity index (χ2n) is 20.4. The molecule has 75 heavy (non-hydrogen) atoms. The van der Waals surface area contributed by atoms with E-state index in [9.17, 15) is 0 Å². The topological polar surface area (TPSA) is 0 Å². The van der Waals surface area contributed by atoms with Gasteiger partial charge in [0.25, 0.3) is 0 Å². The summed E-state index contributed by atoms with van der Waals surface area (Å²) >= 11 is 0. The fourth-order valence-corrected chi connectivity index (χ4v) is 10.9.